The average Bonchev–Trinajstić information content (AvgIpc) is 3.53. The second-order valence-corrected chi connectivity index (χ2v) is 7.20. The topological polar surface area (TPSA) is 97.8 Å². The van der Waals surface area contributed by atoms with Crippen molar-refractivity contribution in [2.75, 3.05) is 23.3 Å². The number of aromatic nitrogens is 6. The molecule has 29 heavy (non-hydrogen) atoms. The molecule has 1 aliphatic rings. The van der Waals surface area contributed by atoms with Gasteiger partial charge in [-0.25, -0.2) is 19.6 Å². The Morgan fingerprint density at radius 1 is 1.03 bits per heavy atom. The molecule has 9 heteroatoms. The fraction of sp³-hybridized carbons (Fsp3) is 0.350. The summed E-state index contributed by atoms with van der Waals surface area (Å²) in [5.41, 5.74) is 2.05. The maximum Gasteiger partial charge on any atom is 0.245 e. The van der Waals surface area contributed by atoms with E-state index in [1.165, 1.54) is 5.56 Å². The number of hydrogen-bond acceptors (Lipinski definition) is 8. The Hall–Kier alpha value is -3.49. The van der Waals surface area contributed by atoms with Crippen molar-refractivity contribution in [1.29, 1.82) is 0 Å². The molecule has 0 aliphatic carbocycles. The lowest BCUT2D eigenvalue weighted by atomic mass is 10.0. The predicted octanol–water partition coefficient (Wildman–Crippen LogP) is 3.05. The summed E-state index contributed by atoms with van der Waals surface area (Å²) in [5.74, 6) is 1.53. The quantitative estimate of drug-likeness (QED) is 0.514. The van der Waals surface area contributed by atoms with Crippen molar-refractivity contribution in [2.45, 2.75) is 31.8 Å². The zero-order valence-electron chi connectivity index (χ0n) is 16.0. The maximum atomic E-state index is 4.84. The Balaban J connectivity index is 1.48. The molecule has 5 rings (SSSR count). The fourth-order valence-corrected chi connectivity index (χ4v) is 3.75. The smallest absolute Gasteiger partial charge is 0.245 e. The number of fused-ring (bicyclic) bond motifs is 1. The van der Waals surface area contributed by atoms with Crippen LogP contribution in [0.5, 0.6) is 0 Å². The molecule has 0 spiro atoms. The highest BCUT2D eigenvalue weighted by molar-refractivity contribution is 5.74. The molecule has 0 bridgehead atoms. The zero-order chi connectivity index (χ0) is 19.5. The average molecular weight is 390 g/mol. The molecule has 3 aromatic heterocycles. The van der Waals surface area contributed by atoms with E-state index in [-0.39, 0.29) is 6.04 Å². The van der Waals surface area contributed by atoms with E-state index in [4.69, 9.17) is 9.61 Å². The molecule has 1 saturated heterocycles. The van der Waals surface area contributed by atoms with Crippen LogP contribution in [0.3, 0.4) is 0 Å². The van der Waals surface area contributed by atoms with Gasteiger partial charge in [0.05, 0.1) is 12.4 Å². The Bertz CT molecular complexity index is 1060. The van der Waals surface area contributed by atoms with Gasteiger partial charge in [-0.15, -0.1) is 0 Å². The van der Waals surface area contributed by atoms with Crippen molar-refractivity contribution in [3.05, 3.63) is 54.6 Å². The third-order valence-electron chi connectivity index (χ3n) is 5.25. The summed E-state index contributed by atoms with van der Waals surface area (Å²) in [6, 6.07) is 10.5. The highest BCUT2D eigenvalue weighted by atomic mass is 16.6. The van der Waals surface area contributed by atoms with Crippen LogP contribution < -0.4 is 10.2 Å². The van der Waals surface area contributed by atoms with Gasteiger partial charge in [-0.1, -0.05) is 30.3 Å². The molecule has 0 saturated carbocycles. The Morgan fingerprint density at radius 2 is 1.83 bits per heavy atom. The number of aryl methyl sites for hydroxylation is 1. The van der Waals surface area contributed by atoms with E-state index in [9.17, 15) is 0 Å². The van der Waals surface area contributed by atoms with Crippen LogP contribution in [0.15, 0.2) is 53.7 Å². The Labute approximate surface area is 167 Å². The van der Waals surface area contributed by atoms with Gasteiger partial charge in [-0.3, -0.25) is 0 Å². The lowest BCUT2D eigenvalue weighted by molar-refractivity contribution is 0.314. The minimum Gasteiger partial charge on any atom is -0.360 e. The van der Waals surface area contributed by atoms with Crippen LogP contribution in [0.25, 0.3) is 11.3 Å². The number of imidazole rings is 1. The maximum absolute atomic E-state index is 4.84. The standard InChI is InChI=1S/C20H22N8O/c1-2-6-15(7-3-1)16(8-12-27-13-9-21-14-27)22-19-20(28-10-4-5-11-28)24-18-17(23-19)25-29-26-18/h1-3,6-7,9,13-14,16H,4-5,8,10-12H2,(H,22,23,25)/t16-/m1/s1. The van der Waals surface area contributed by atoms with Gasteiger partial charge >= 0.3 is 0 Å². The molecule has 1 fully saturated rings. The minimum absolute atomic E-state index is 0.0616. The van der Waals surface area contributed by atoms with Gasteiger partial charge in [0.1, 0.15) is 0 Å². The van der Waals surface area contributed by atoms with E-state index in [0.717, 1.165) is 50.5 Å². The number of hydrogen-bond donors (Lipinski definition) is 1. The van der Waals surface area contributed by atoms with E-state index >= 15 is 0 Å². The number of nitrogens with zero attached hydrogens (tertiary/aromatic N) is 7. The van der Waals surface area contributed by atoms with Crippen molar-refractivity contribution in [1.82, 2.24) is 29.8 Å². The first-order chi connectivity index (χ1) is 14.4. The first-order valence-electron chi connectivity index (χ1n) is 9.89. The molecule has 4 heterocycles. The Morgan fingerprint density at radius 3 is 2.59 bits per heavy atom. The number of rotatable bonds is 7. The van der Waals surface area contributed by atoms with Gasteiger partial charge in [0.2, 0.25) is 11.3 Å². The summed E-state index contributed by atoms with van der Waals surface area (Å²) in [4.78, 5) is 15.8. The van der Waals surface area contributed by atoms with Gasteiger partial charge < -0.3 is 14.8 Å². The molecule has 0 unspecified atom stereocenters. The van der Waals surface area contributed by atoms with E-state index in [0.29, 0.717) is 11.3 Å². The van der Waals surface area contributed by atoms with E-state index < -0.39 is 0 Å². The molecule has 1 N–H and O–H groups in total. The summed E-state index contributed by atoms with van der Waals surface area (Å²) in [6.45, 7) is 2.77. The second kappa shape index (κ2) is 7.86. The van der Waals surface area contributed by atoms with Crippen LogP contribution in [0.1, 0.15) is 30.9 Å². The third-order valence-corrected chi connectivity index (χ3v) is 5.25. The summed E-state index contributed by atoms with van der Waals surface area (Å²) >= 11 is 0. The monoisotopic (exact) mass is 390 g/mol. The zero-order valence-corrected chi connectivity index (χ0v) is 16.0. The Kier molecular flexibility index (Phi) is 4.77. The van der Waals surface area contributed by atoms with E-state index in [1.807, 2.05) is 18.6 Å². The predicted molar refractivity (Wildman–Crippen MR) is 108 cm³/mol. The van der Waals surface area contributed by atoms with Crippen LogP contribution in [-0.4, -0.2) is 42.9 Å². The van der Waals surface area contributed by atoms with Crippen molar-refractivity contribution in [3.8, 4) is 0 Å². The summed E-state index contributed by atoms with van der Waals surface area (Å²) in [6.07, 6.45) is 8.79. The largest absolute Gasteiger partial charge is 0.360 e. The molecule has 4 aromatic rings. The summed E-state index contributed by atoms with van der Waals surface area (Å²) in [7, 11) is 0. The van der Waals surface area contributed by atoms with Gasteiger partial charge in [-0.05, 0) is 35.1 Å². The molecule has 1 aliphatic heterocycles. The van der Waals surface area contributed by atoms with Crippen LogP contribution in [0, 0.1) is 0 Å². The van der Waals surface area contributed by atoms with Crippen LogP contribution in [-0.2, 0) is 6.54 Å². The van der Waals surface area contributed by atoms with Gasteiger partial charge in [0.15, 0.2) is 11.6 Å². The lowest BCUT2D eigenvalue weighted by Gasteiger charge is -2.24. The lowest BCUT2D eigenvalue weighted by Crippen LogP contribution is -2.23. The van der Waals surface area contributed by atoms with Crippen molar-refractivity contribution in [2.24, 2.45) is 0 Å². The SMILES string of the molecule is c1ccc([C@@H](CCn2ccnc2)Nc2nc3nonc3nc2N2CCCC2)cc1. The molecule has 0 amide bonds. The molecular formula is C20H22N8O. The third kappa shape index (κ3) is 3.75. The van der Waals surface area contributed by atoms with Gasteiger partial charge in [0.25, 0.3) is 0 Å². The first kappa shape index (κ1) is 17.6. The normalized spacial score (nSPS) is 15.1. The van der Waals surface area contributed by atoms with Crippen LogP contribution >= 0.6 is 0 Å². The van der Waals surface area contributed by atoms with Crippen LogP contribution in [0.4, 0.5) is 11.6 Å². The fourth-order valence-electron chi connectivity index (χ4n) is 3.75. The van der Waals surface area contributed by atoms with E-state index in [2.05, 4.69) is 59.3 Å². The molecule has 1 aromatic carbocycles. The molecule has 148 valence electrons. The first-order valence-corrected chi connectivity index (χ1v) is 9.89. The summed E-state index contributed by atoms with van der Waals surface area (Å²) in [5, 5.41) is 11.4. The molecule has 0 radical (unpaired) electrons. The van der Waals surface area contributed by atoms with Crippen molar-refractivity contribution >= 4 is 22.9 Å². The molecular weight excluding hydrogens is 368 g/mol. The minimum atomic E-state index is 0.0616. The van der Waals surface area contributed by atoms with E-state index in [1.54, 1.807) is 6.20 Å². The number of nitrogens with one attached hydrogen (secondary N) is 1. The van der Waals surface area contributed by atoms with Gasteiger partial charge in [-0.2, -0.15) is 0 Å². The molecule has 1 atom stereocenters. The van der Waals surface area contributed by atoms with Crippen LogP contribution in [0.2, 0.25) is 0 Å². The molecule has 9 nitrogen and oxygen atoms in total. The van der Waals surface area contributed by atoms with Crippen molar-refractivity contribution in [3.63, 3.8) is 0 Å². The van der Waals surface area contributed by atoms with Gasteiger partial charge in [0, 0.05) is 32.0 Å². The highest BCUT2D eigenvalue weighted by Crippen LogP contribution is 2.31. The van der Waals surface area contributed by atoms with Crippen molar-refractivity contribution < 1.29 is 4.63 Å². The summed E-state index contributed by atoms with van der Waals surface area (Å²) < 4.78 is 6.92. The highest BCUT2D eigenvalue weighted by Gasteiger charge is 2.23. The second-order valence-electron chi connectivity index (χ2n) is 7.20. The number of anilines is 2. The number of benzene rings is 1.